The summed E-state index contributed by atoms with van der Waals surface area (Å²) in [6.07, 6.45) is 3.34. The number of rotatable bonds is 0. The number of carbonyl (C=O) groups is 1. The lowest BCUT2D eigenvalue weighted by Gasteiger charge is -2.25. The number of carbonyl (C=O) groups excluding carboxylic acids is 1. The molecule has 0 radical (unpaired) electrons. The van der Waals surface area contributed by atoms with Gasteiger partial charge in [-0.15, -0.1) is 0 Å². The molecule has 2 nitrogen and oxygen atoms in total. The molecule has 0 unspecified atom stereocenters. The Morgan fingerprint density at radius 3 is 2.60 bits per heavy atom. The van der Waals surface area contributed by atoms with Crippen molar-refractivity contribution in [3.8, 4) is 0 Å². The van der Waals surface area contributed by atoms with Gasteiger partial charge in [0.2, 0.25) is 0 Å². The molecular weight excluding hydrogens is 126 g/mol. The van der Waals surface area contributed by atoms with Crippen molar-refractivity contribution in [3.63, 3.8) is 0 Å². The minimum Gasteiger partial charge on any atom is -0.396 e. The average molecular weight is 139 g/mol. The summed E-state index contributed by atoms with van der Waals surface area (Å²) >= 11 is 0. The van der Waals surface area contributed by atoms with E-state index >= 15 is 0 Å². The summed E-state index contributed by atoms with van der Waals surface area (Å²) in [5.41, 5.74) is 5.98. The van der Waals surface area contributed by atoms with E-state index in [1.54, 1.807) is 0 Å². The third kappa shape index (κ3) is 1.38. The van der Waals surface area contributed by atoms with Crippen molar-refractivity contribution >= 4 is 5.78 Å². The van der Waals surface area contributed by atoms with Crippen LogP contribution in [0.4, 0.5) is 0 Å². The molecule has 0 bridgehead atoms. The Kier molecular flexibility index (Phi) is 1.55. The van der Waals surface area contributed by atoms with Crippen molar-refractivity contribution in [2.45, 2.75) is 26.7 Å². The van der Waals surface area contributed by atoms with Crippen LogP contribution in [0.1, 0.15) is 26.7 Å². The molecule has 56 valence electrons. The van der Waals surface area contributed by atoms with Gasteiger partial charge in [0, 0.05) is 6.42 Å². The fraction of sp³-hybridized carbons (Fsp3) is 0.625. The Morgan fingerprint density at radius 1 is 1.60 bits per heavy atom. The molecular formula is C8H13NO. The summed E-state index contributed by atoms with van der Waals surface area (Å²) in [4.78, 5) is 11.0. The zero-order chi connectivity index (χ0) is 7.78. The normalized spacial score (nSPS) is 24.2. The van der Waals surface area contributed by atoms with Gasteiger partial charge in [0.05, 0.1) is 5.70 Å². The third-order valence-electron chi connectivity index (χ3n) is 1.84. The molecule has 0 aromatic carbocycles. The van der Waals surface area contributed by atoms with Gasteiger partial charge in [0.25, 0.3) is 0 Å². The van der Waals surface area contributed by atoms with Crippen molar-refractivity contribution in [2.24, 2.45) is 11.1 Å². The van der Waals surface area contributed by atoms with Crippen LogP contribution in [0.2, 0.25) is 0 Å². The van der Waals surface area contributed by atoms with E-state index in [4.69, 9.17) is 5.73 Å². The second kappa shape index (κ2) is 2.11. The predicted molar refractivity (Wildman–Crippen MR) is 40.3 cm³/mol. The van der Waals surface area contributed by atoms with Gasteiger partial charge in [-0.05, 0) is 11.8 Å². The van der Waals surface area contributed by atoms with Gasteiger partial charge in [-0.25, -0.2) is 0 Å². The molecule has 10 heavy (non-hydrogen) atoms. The number of allylic oxidation sites excluding steroid dienone is 2. The average Bonchev–Trinajstić information content (AvgIpc) is 1.79. The lowest BCUT2D eigenvalue weighted by atomic mass is 9.79. The highest BCUT2D eigenvalue weighted by molar-refractivity contribution is 5.95. The highest BCUT2D eigenvalue weighted by atomic mass is 16.1. The van der Waals surface area contributed by atoms with Crippen molar-refractivity contribution in [3.05, 3.63) is 11.8 Å². The molecule has 1 aliphatic rings. The summed E-state index contributed by atoms with van der Waals surface area (Å²) in [6.45, 7) is 4.15. The second-order valence-electron chi connectivity index (χ2n) is 3.63. The molecule has 0 aromatic rings. The molecule has 0 saturated heterocycles. The maximum Gasteiger partial charge on any atom is 0.178 e. The largest absolute Gasteiger partial charge is 0.396 e. The minimum absolute atomic E-state index is 0.0938. The Bertz CT molecular complexity index is 191. The number of nitrogens with two attached hydrogens (primary N) is 1. The molecule has 0 aliphatic heterocycles. The lowest BCUT2D eigenvalue weighted by molar-refractivity contribution is -0.118. The standard InChI is InChI=1S/C8H13NO/c1-8(2)4-3-6(9)7(10)5-8/h3H,4-5,9H2,1-2H3. The van der Waals surface area contributed by atoms with Gasteiger partial charge in [-0.3, -0.25) is 4.79 Å². The number of ketones is 1. The first-order valence-electron chi connectivity index (χ1n) is 3.50. The van der Waals surface area contributed by atoms with Gasteiger partial charge >= 0.3 is 0 Å². The zero-order valence-corrected chi connectivity index (χ0v) is 6.48. The molecule has 1 rings (SSSR count). The fourth-order valence-corrected chi connectivity index (χ4v) is 1.11. The molecule has 0 spiro atoms. The Balaban J connectivity index is 2.79. The molecule has 0 amide bonds. The van der Waals surface area contributed by atoms with Gasteiger partial charge in [0.15, 0.2) is 5.78 Å². The predicted octanol–water partition coefficient (Wildman–Crippen LogP) is 1.22. The van der Waals surface area contributed by atoms with E-state index < -0.39 is 0 Å². The smallest absolute Gasteiger partial charge is 0.178 e. The van der Waals surface area contributed by atoms with Gasteiger partial charge in [0.1, 0.15) is 0 Å². The van der Waals surface area contributed by atoms with Crippen LogP contribution >= 0.6 is 0 Å². The molecule has 0 saturated carbocycles. The van der Waals surface area contributed by atoms with E-state index in [9.17, 15) is 4.79 Å². The minimum atomic E-state index is 0.0938. The number of hydrogen-bond acceptors (Lipinski definition) is 2. The Labute approximate surface area is 61.1 Å². The first-order chi connectivity index (χ1) is 4.51. The summed E-state index contributed by atoms with van der Waals surface area (Å²) < 4.78 is 0. The topological polar surface area (TPSA) is 43.1 Å². The summed E-state index contributed by atoms with van der Waals surface area (Å²) in [5, 5.41) is 0. The van der Waals surface area contributed by atoms with Gasteiger partial charge in [-0.1, -0.05) is 19.9 Å². The lowest BCUT2D eigenvalue weighted by Crippen LogP contribution is -2.25. The third-order valence-corrected chi connectivity index (χ3v) is 1.84. The van der Waals surface area contributed by atoms with E-state index in [1.165, 1.54) is 0 Å². The van der Waals surface area contributed by atoms with E-state index in [0.717, 1.165) is 6.42 Å². The SMILES string of the molecule is CC1(C)CC=C(N)C(=O)C1. The molecule has 0 heterocycles. The summed E-state index contributed by atoms with van der Waals surface area (Å²) in [7, 11) is 0. The molecule has 2 heteroatoms. The Hall–Kier alpha value is -0.790. The van der Waals surface area contributed by atoms with Crippen LogP contribution in [0.5, 0.6) is 0 Å². The molecule has 0 fully saturated rings. The molecule has 1 aliphatic carbocycles. The monoisotopic (exact) mass is 139 g/mol. The maximum atomic E-state index is 11.0. The fourth-order valence-electron chi connectivity index (χ4n) is 1.11. The maximum absolute atomic E-state index is 11.0. The zero-order valence-electron chi connectivity index (χ0n) is 6.48. The van der Waals surface area contributed by atoms with Crippen LogP contribution in [-0.4, -0.2) is 5.78 Å². The van der Waals surface area contributed by atoms with E-state index in [1.807, 2.05) is 6.08 Å². The molecule has 2 N–H and O–H groups in total. The van der Waals surface area contributed by atoms with E-state index in [-0.39, 0.29) is 11.2 Å². The number of hydrogen-bond donors (Lipinski definition) is 1. The van der Waals surface area contributed by atoms with Gasteiger partial charge in [-0.2, -0.15) is 0 Å². The first kappa shape index (κ1) is 7.32. The van der Waals surface area contributed by atoms with Crippen LogP contribution in [0, 0.1) is 5.41 Å². The molecule has 0 aromatic heterocycles. The van der Waals surface area contributed by atoms with Crippen LogP contribution < -0.4 is 5.73 Å². The summed E-state index contributed by atoms with van der Waals surface area (Å²) in [5.74, 6) is 0.0938. The number of Topliss-reactive ketones (excluding diaryl/α,β-unsaturated/α-hetero) is 1. The van der Waals surface area contributed by atoms with Crippen LogP contribution in [0.3, 0.4) is 0 Å². The van der Waals surface area contributed by atoms with Crippen molar-refractivity contribution in [1.82, 2.24) is 0 Å². The van der Waals surface area contributed by atoms with Crippen LogP contribution in [-0.2, 0) is 4.79 Å². The van der Waals surface area contributed by atoms with E-state index in [2.05, 4.69) is 13.8 Å². The van der Waals surface area contributed by atoms with Crippen molar-refractivity contribution < 1.29 is 4.79 Å². The highest BCUT2D eigenvalue weighted by Crippen LogP contribution is 2.30. The van der Waals surface area contributed by atoms with E-state index in [0.29, 0.717) is 12.1 Å². The van der Waals surface area contributed by atoms with Gasteiger partial charge < -0.3 is 5.73 Å². The van der Waals surface area contributed by atoms with Crippen molar-refractivity contribution in [2.75, 3.05) is 0 Å². The quantitative estimate of drug-likeness (QED) is 0.548. The summed E-state index contributed by atoms with van der Waals surface area (Å²) in [6, 6.07) is 0. The Morgan fingerprint density at radius 2 is 2.20 bits per heavy atom. The van der Waals surface area contributed by atoms with Crippen LogP contribution in [0.25, 0.3) is 0 Å². The highest BCUT2D eigenvalue weighted by Gasteiger charge is 2.25. The first-order valence-corrected chi connectivity index (χ1v) is 3.50. The van der Waals surface area contributed by atoms with Crippen LogP contribution in [0.15, 0.2) is 11.8 Å². The molecule has 0 atom stereocenters. The second-order valence-corrected chi connectivity index (χ2v) is 3.63. The van der Waals surface area contributed by atoms with Crippen molar-refractivity contribution in [1.29, 1.82) is 0 Å².